The van der Waals surface area contributed by atoms with Gasteiger partial charge in [-0.15, -0.1) is 11.3 Å². The van der Waals surface area contributed by atoms with Crippen LogP contribution in [0.3, 0.4) is 0 Å². The van der Waals surface area contributed by atoms with Gasteiger partial charge in [0.1, 0.15) is 5.01 Å². The third kappa shape index (κ3) is 6.15. The van der Waals surface area contributed by atoms with Crippen LogP contribution in [0.15, 0.2) is 29.6 Å². The standard InChI is InChI=1S/C20H26N2O4S/c1-4-15-7-9-16(10-8-15)19(23)22(11-6-12-26-5-2)13-18-21-17(14-27-18)20(24)25-3/h7-10,14H,4-6,11-13H2,1-3H3. The second kappa shape index (κ2) is 10.8. The highest BCUT2D eigenvalue weighted by Crippen LogP contribution is 2.16. The van der Waals surface area contributed by atoms with Gasteiger partial charge in [-0.2, -0.15) is 0 Å². The molecule has 27 heavy (non-hydrogen) atoms. The summed E-state index contributed by atoms with van der Waals surface area (Å²) in [5.41, 5.74) is 2.11. The van der Waals surface area contributed by atoms with Crippen LogP contribution in [-0.4, -0.2) is 48.6 Å². The van der Waals surface area contributed by atoms with Crippen LogP contribution < -0.4 is 0 Å². The minimum absolute atomic E-state index is 0.0519. The summed E-state index contributed by atoms with van der Waals surface area (Å²) >= 11 is 1.35. The van der Waals surface area contributed by atoms with Crippen LogP contribution in [0.4, 0.5) is 0 Å². The maximum absolute atomic E-state index is 13.0. The molecule has 0 aliphatic heterocycles. The molecule has 0 fully saturated rings. The summed E-state index contributed by atoms with van der Waals surface area (Å²) in [7, 11) is 1.32. The summed E-state index contributed by atoms with van der Waals surface area (Å²) in [5.74, 6) is -0.522. The molecule has 2 aromatic rings. The fourth-order valence-corrected chi connectivity index (χ4v) is 3.34. The van der Waals surface area contributed by atoms with Crippen molar-refractivity contribution in [1.82, 2.24) is 9.88 Å². The number of aryl methyl sites for hydroxylation is 1. The van der Waals surface area contributed by atoms with E-state index in [4.69, 9.17) is 9.47 Å². The molecule has 7 heteroatoms. The van der Waals surface area contributed by atoms with Crippen LogP contribution in [0.2, 0.25) is 0 Å². The molecule has 146 valence electrons. The first-order valence-electron chi connectivity index (χ1n) is 9.07. The van der Waals surface area contributed by atoms with Crippen LogP contribution in [-0.2, 0) is 22.4 Å². The molecular weight excluding hydrogens is 364 g/mol. The number of aromatic nitrogens is 1. The lowest BCUT2D eigenvalue weighted by Crippen LogP contribution is -2.32. The van der Waals surface area contributed by atoms with Crippen molar-refractivity contribution in [3.05, 3.63) is 51.5 Å². The van der Waals surface area contributed by atoms with E-state index >= 15 is 0 Å². The Hall–Kier alpha value is -2.25. The quantitative estimate of drug-likeness (QED) is 0.458. The average Bonchev–Trinajstić information content (AvgIpc) is 3.18. The number of hydrogen-bond acceptors (Lipinski definition) is 6. The van der Waals surface area contributed by atoms with E-state index in [1.165, 1.54) is 24.0 Å². The van der Waals surface area contributed by atoms with Crippen molar-refractivity contribution in [3.63, 3.8) is 0 Å². The number of nitrogens with zero attached hydrogens (tertiary/aromatic N) is 2. The van der Waals surface area contributed by atoms with Crippen molar-refractivity contribution in [1.29, 1.82) is 0 Å². The second-order valence-electron chi connectivity index (χ2n) is 5.95. The number of esters is 1. The molecule has 0 unspecified atom stereocenters. The van der Waals surface area contributed by atoms with Gasteiger partial charge in [-0.25, -0.2) is 9.78 Å². The first-order chi connectivity index (χ1) is 13.1. The van der Waals surface area contributed by atoms with E-state index in [0.29, 0.717) is 36.9 Å². The highest BCUT2D eigenvalue weighted by molar-refractivity contribution is 7.09. The second-order valence-corrected chi connectivity index (χ2v) is 6.89. The van der Waals surface area contributed by atoms with Gasteiger partial charge >= 0.3 is 5.97 Å². The SMILES string of the molecule is CCOCCCN(Cc1nc(C(=O)OC)cs1)C(=O)c1ccc(CC)cc1. The van der Waals surface area contributed by atoms with Crippen molar-refractivity contribution < 1.29 is 19.1 Å². The zero-order valence-corrected chi connectivity index (χ0v) is 16.9. The normalized spacial score (nSPS) is 10.6. The molecule has 1 amide bonds. The highest BCUT2D eigenvalue weighted by atomic mass is 32.1. The average molecular weight is 391 g/mol. The Kier molecular flexibility index (Phi) is 8.42. The predicted molar refractivity (Wildman–Crippen MR) is 105 cm³/mol. The number of benzene rings is 1. The maximum Gasteiger partial charge on any atom is 0.357 e. The summed E-state index contributed by atoms with van der Waals surface area (Å²) in [6.45, 7) is 6.19. The Balaban J connectivity index is 2.12. The van der Waals surface area contributed by atoms with E-state index in [9.17, 15) is 9.59 Å². The third-order valence-electron chi connectivity index (χ3n) is 4.09. The van der Waals surface area contributed by atoms with E-state index in [2.05, 4.69) is 11.9 Å². The van der Waals surface area contributed by atoms with E-state index in [1.54, 1.807) is 10.3 Å². The number of ether oxygens (including phenoxy) is 2. The number of rotatable bonds is 10. The molecule has 0 saturated heterocycles. The summed E-state index contributed by atoms with van der Waals surface area (Å²) in [4.78, 5) is 30.6. The van der Waals surface area contributed by atoms with Gasteiger partial charge in [-0.1, -0.05) is 19.1 Å². The Morgan fingerprint density at radius 1 is 1.19 bits per heavy atom. The molecule has 1 aromatic heterocycles. The minimum atomic E-state index is -0.470. The molecule has 0 aliphatic rings. The summed E-state index contributed by atoms with van der Waals surface area (Å²) in [6.07, 6.45) is 1.67. The molecule has 0 atom stereocenters. The highest BCUT2D eigenvalue weighted by Gasteiger charge is 2.19. The van der Waals surface area contributed by atoms with Crippen LogP contribution >= 0.6 is 11.3 Å². The summed E-state index contributed by atoms with van der Waals surface area (Å²) < 4.78 is 10.1. The molecule has 0 bridgehead atoms. The molecule has 0 spiro atoms. The van der Waals surface area contributed by atoms with Gasteiger partial charge in [-0.05, 0) is 37.5 Å². The molecule has 6 nitrogen and oxygen atoms in total. The largest absolute Gasteiger partial charge is 0.464 e. The number of hydrogen-bond donors (Lipinski definition) is 0. The number of carbonyl (C=O) groups excluding carboxylic acids is 2. The number of amides is 1. The molecule has 2 rings (SSSR count). The van der Waals surface area contributed by atoms with Gasteiger partial charge in [0.15, 0.2) is 5.69 Å². The van der Waals surface area contributed by atoms with Crippen LogP contribution in [0.5, 0.6) is 0 Å². The molecule has 0 aliphatic carbocycles. The number of carbonyl (C=O) groups is 2. The first-order valence-corrected chi connectivity index (χ1v) is 9.95. The molecule has 1 aromatic carbocycles. The minimum Gasteiger partial charge on any atom is -0.464 e. The van der Waals surface area contributed by atoms with Crippen molar-refractivity contribution in [3.8, 4) is 0 Å². The monoisotopic (exact) mass is 390 g/mol. The van der Waals surface area contributed by atoms with Crippen molar-refractivity contribution in [2.45, 2.75) is 33.2 Å². The molecule has 0 radical (unpaired) electrons. The predicted octanol–water partition coefficient (Wildman–Crippen LogP) is 3.56. The molecule has 0 N–H and O–H groups in total. The Bertz CT molecular complexity index is 743. The molecular formula is C20H26N2O4S. The van der Waals surface area contributed by atoms with Gasteiger partial charge in [0, 0.05) is 30.7 Å². The van der Waals surface area contributed by atoms with E-state index < -0.39 is 5.97 Å². The lowest BCUT2D eigenvalue weighted by Gasteiger charge is -2.22. The van der Waals surface area contributed by atoms with E-state index in [1.807, 2.05) is 31.2 Å². The smallest absolute Gasteiger partial charge is 0.357 e. The molecule has 0 saturated carbocycles. The topological polar surface area (TPSA) is 68.7 Å². The van der Waals surface area contributed by atoms with Crippen LogP contribution in [0.1, 0.15) is 51.7 Å². The van der Waals surface area contributed by atoms with E-state index in [0.717, 1.165) is 12.8 Å². The van der Waals surface area contributed by atoms with Crippen LogP contribution in [0.25, 0.3) is 0 Å². The Morgan fingerprint density at radius 2 is 1.93 bits per heavy atom. The van der Waals surface area contributed by atoms with Crippen LogP contribution in [0, 0.1) is 0 Å². The molecule has 1 heterocycles. The lowest BCUT2D eigenvalue weighted by molar-refractivity contribution is 0.0594. The number of thiazole rings is 1. The summed E-state index contributed by atoms with van der Waals surface area (Å²) in [5, 5.41) is 2.35. The van der Waals surface area contributed by atoms with Gasteiger partial charge in [0.25, 0.3) is 5.91 Å². The zero-order chi connectivity index (χ0) is 19.6. The van der Waals surface area contributed by atoms with E-state index in [-0.39, 0.29) is 11.6 Å². The third-order valence-corrected chi connectivity index (χ3v) is 4.92. The zero-order valence-electron chi connectivity index (χ0n) is 16.1. The maximum atomic E-state index is 13.0. The first kappa shape index (κ1) is 21.1. The fourth-order valence-electron chi connectivity index (χ4n) is 2.56. The van der Waals surface area contributed by atoms with Crippen molar-refractivity contribution >= 4 is 23.2 Å². The Labute approximate surface area is 164 Å². The Morgan fingerprint density at radius 3 is 2.56 bits per heavy atom. The summed E-state index contributed by atoms with van der Waals surface area (Å²) in [6, 6.07) is 7.67. The number of methoxy groups -OCH3 is 1. The van der Waals surface area contributed by atoms with Gasteiger partial charge < -0.3 is 14.4 Å². The van der Waals surface area contributed by atoms with Crippen molar-refractivity contribution in [2.24, 2.45) is 0 Å². The lowest BCUT2D eigenvalue weighted by atomic mass is 10.1. The van der Waals surface area contributed by atoms with Gasteiger partial charge in [-0.3, -0.25) is 4.79 Å². The fraction of sp³-hybridized carbons (Fsp3) is 0.450. The van der Waals surface area contributed by atoms with Gasteiger partial charge in [0.2, 0.25) is 0 Å². The van der Waals surface area contributed by atoms with Crippen molar-refractivity contribution in [2.75, 3.05) is 26.9 Å². The van der Waals surface area contributed by atoms with Gasteiger partial charge in [0.05, 0.1) is 13.7 Å².